The summed E-state index contributed by atoms with van der Waals surface area (Å²) in [5.74, 6) is -0.152. The Labute approximate surface area is 186 Å². The monoisotopic (exact) mass is 453 g/mol. The fourth-order valence-corrected chi connectivity index (χ4v) is 4.73. The predicted octanol–water partition coefficient (Wildman–Crippen LogP) is 4.72. The number of ketones is 1. The van der Waals surface area contributed by atoms with E-state index in [1.807, 2.05) is 48.1 Å². The lowest BCUT2D eigenvalue weighted by Gasteiger charge is -2.06. The first-order valence-electron chi connectivity index (χ1n) is 9.37. The fourth-order valence-electron chi connectivity index (χ4n) is 3.18. The van der Waals surface area contributed by atoms with Crippen LogP contribution in [0.15, 0.2) is 47.3 Å². The maximum absolute atomic E-state index is 12.7. The molecule has 0 spiro atoms. The molecular weight excluding hydrogens is 434 g/mol. The van der Waals surface area contributed by atoms with Crippen molar-refractivity contribution in [2.24, 2.45) is 0 Å². The number of Topliss-reactive ketones (excluding diaryl/α,β-unsaturated/α-hetero) is 1. The van der Waals surface area contributed by atoms with Crippen molar-refractivity contribution in [3.63, 3.8) is 0 Å². The molecule has 7 nitrogen and oxygen atoms in total. The molecule has 3 aromatic heterocycles. The molecule has 0 atom stereocenters. The summed E-state index contributed by atoms with van der Waals surface area (Å²) in [4.78, 5) is 33.7. The number of carbonyl (C=O) groups is 2. The van der Waals surface area contributed by atoms with E-state index < -0.39 is 5.97 Å². The highest BCUT2D eigenvalue weighted by Crippen LogP contribution is 2.26. The Kier molecular flexibility index (Phi) is 5.97. The van der Waals surface area contributed by atoms with Crippen molar-refractivity contribution in [2.45, 2.75) is 13.8 Å². The summed E-state index contributed by atoms with van der Waals surface area (Å²) >= 11 is 2.82. The lowest BCUT2D eigenvalue weighted by molar-refractivity contribution is 0.0469. The van der Waals surface area contributed by atoms with Crippen LogP contribution in [0, 0.1) is 13.8 Å². The number of ether oxygens (including phenoxy) is 2. The molecule has 1 aromatic carbocycles. The minimum atomic E-state index is -0.627. The van der Waals surface area contributed by atoms with Crippen LogP contribution < -0.4 is 4.74 Å². The van der Waals surface area contributed by atoms with E-state index in [2.05, 4.69) is 9.97 Å². The molecule has 31 heavy (non-hydrogen) atoms. The number of hydrogen-bond donors (Lipinski definition) is 0. The number of rotatable bonds is 7. The first kappa shape index (κ1) is 21.0. The van der Waals surface area contributed by atoms with Gasteiger partial charge < -0.3 is 9.47 Å². The van der Waals surface area contributed by atoms with E-state index in [0.29, 0.717) is 10.6 Å². The maximum Gasteiger partial charge on any atom is 0.358 e. The van der Waals surface area contributed by atoms with Gasteiger partial charge in [0.2, 0.25) is 5.78 Å². The Morgan fingerprint density at radius 1 is 1.13 bits per heavy atom. The van der Waals surface area contributed by atoms with Crippen molar-refractivity contribution < 1.29 is 19.1 Å². The number of benzene rings is 1. The third-order valence-electron chi connectivity index (χ3n) is 4.73. The van der Waals surface area contributed by atoms with Crippen LogP contribution in [0.2, 0.25) is 0 Å². The quantitative estimate of drug-likeness (QED) is 0.297. The van der Waals surface area contributed by atoms with Crippen LogP contribution in [0.4, 0.5) is 0 Å². The van der Waals surface area contributed by atoms with Gasteiger partial charge in [-0.15, -0.1) is 22.7 Å². The number of carbonyl (C=O) groups excluding carboxylic acids is 2. The molecule has 9 heteroatoms. The largest absolute Gasteiger partial charge is 0.497 e. The molecule has 0 aliphatic heterocycles. The molecule has 0 aliphatic rings. The Morgan fingerprint density at radius 2 is 1.90 bits per heavy atom. The van der Waals surface area contributed by atoms with Gasteiger partial charge in [0.1, 0.15) is 10.8 Å². The van der Waals surface area contributed by atoms with E-state index in [9.17, 15) is 9.59 Å². The van der Waals surface area contributed by atoms with Gasteiger partial charge >= 0.3 is 5.97 Å². The van der Waals surface area contributed by atoms with Crippen LogP contribution in [-0.2, 0) is 4.74 Å². The van der Waals surface area contributed by atoms with Crippen LogP contribution >= 0.6 is 22.7 Å². The third-order valence-corrected chi connectivity index (χ3v) is 6.37. The fraction of sp³-hybridized carbons (Fsp3) is 0.182. The summed E-state index contributed by atoms with van der Waals surface area (Å²) in [6.45, 7) is 3.41. The second-order valence-corrected chi connectivity index (χ2v) is 8.43. The van der Waals surface area contributed by atoms with E-state index in [-0.39, 0.29) is 18.1 Å². The summed E-state index contributed by atoms with van der Waals surface area (Å²) in [6, 6.07) is 9.19. The molecule has 0 saturated heterocycles. The minimum Gasteiger partial charge on any atom is -0.497 e. The van der Waals surface area contributed by atoms with Crippen LogP contribution in [-0.4, -0.2) is 40.0 Å². The summed E-state index contributed by atoms with van der Waals surface area (Å²) in [7, 11) is 1.60. The molecule has 0 bridgehead atoms. The third kappa shape index (κ3) is 4.28. The number of aromatic nitrogens is 3. The molecule has 0 radical (unpaired) electrons. The lowest BCUT2D eigenvalue weighted by Crippen LogP contribution is -2.15. The summed E-state index contributed by atoms with van der Waals surface area (Å²) in [5, 5.41) is 4.99. The van der Waals surface area contributed by atoms with Gasteiger partial charge in [0, 0.05) is 39.5 Å². The zero-order chi connectivity index (χ0) is 22.0. The highest BCUT2D eigenvalue weighted by Gasteiger charge is 2.20. The van der Waals surface area contributed by atoms with Crippen LogP contribution in [0.3, 0.4) is 0 Å². The van der Waals surface area contributed by atoms with Gasteiger partial charge in [-0.1, -0.05) is 0 Å². The molecule has 4 aromatic rings. The van der Waals surface area contributed by atoms with Gasteiger partial charge in [-0.25, -0.2) is 14.8 Å². The Hall–Kier alpha value is -3.30. The topological polar surface area (TPSA) is 83.3 Å². The number of esters is 1. The van der Waals surface area contributed by atoms with Crippen molar-refractivity contribution in [2.75, 3.05) is 13.7 Å². The molecule has 0 N–H and O–H groups in total. The van der Waals surface area contributed by atoms with E-state index in [4.69, 9.17) is 9.47 Å². The van der Waals surface area contributed by atoms with Gasteiger partial charge in [-0.3, -0.25) is 9.36 Å². The number of methoxy groups -OCH3 is 1. The van der Waals surface area contributed by atoms with Gasteiger partial charge in [0.05, 0.1) is 7.11 Å². The average molecular weight is 454 g/mol. The number of hydrogen-bond acceptors (Lipinski definition) is 8. The molecule has 158 valence electrons. The van der Waals surface area contributed by atoms with Crippen LogP contribution in [0.5, 0.6) is 5.75 Å². The average Bonchev–Trinajstić information content (AvgIpc) is 3.52. The predicted molar refractivity (Wildman–Crippen MR) is 120 cm³/mol. The normalized spacial score (nSPS) is 10.8. The van der Waals surface area contributed by atoms with Crippen molar-refractivity contribution >= 4 is 34.4 Å². The standard InChI is InChI=1S/C22H19N3O4S2/c1-13-10-17(14(2)25(13)22-23-8-9-30-22)19(26)11-29-21(27)18-12-31-20(24-18)15-4-6-16(28-3)7-5-15/h4-10,12H,11H2,1-3H3. The minimum absolute atomic E-state index is 0.178. The number of aryl methyl sites for hydroxylation is 1. The molecule has 4 rings (SSSR count). The van der Waals surface area contributed by atoms with Gasteiger partial charge in [-0.05, 0) is 44.2 Å². The highest BCUT2D eigenvalue weighted by atomic mass is 32.1. The second kappa shape index (κ2) is 8.83. The number of thiazole rings is 2. The van der Waals surface area contributed by atoms with Crippen LogP contribution in [0.25, 0.3) is 15.7 Å². The van der Waals surface area contributed by atoms with E-state index in [1.54, 1.807) is 24.8 Å². The Bertz CT molecular complexity index is 1220. The Balaban J connectivity index is 1.43. The lowest BCUT2D eigenvalue weighted by atomic mass is 10.1. The van der Waals surface area contributed by atoms with Crippen LogP contribution in [0.1, 0.15) is 32.2 Å². The summed E-state index contributed by atoms with van der Waals surface area (Å²) < 4.78 is 12.3. The van der Waals surface area contributed by atoms with E-state index in [1.165, 1.54) is 22.7 Å². The molecule has 0 saturated carbocycles. The SMILES string of the molecule is COc1ccc(-c2nc(C(=O)OCC(=O)c3cc(C)n(-c4nccs4)c3C)cs2)cc1. The molecule has 0 amide bonds. The summed E-state index contributed by atoms with van der Waals surface area (Å²) in [5.41, 5.74) is 3.22. The second-order valence-electron chi connectivity index (χ2n) is 6.70. The molecule has 0 fully saturated rings. The van der Waals surface area contributed by atoms with Crippen molar-refractivity contribution in [3.05, 3.63) is 69.9 Å². The van der Waals surface area contributed by atoms with E-state index >= 15 is 0 Å². The summed E-state index contributed by atoms with van der Waals surface area (Å²) in [6.07, 6.45) is 1.72. The van der Waals surface area contributed by atoms with Gasteiger partial charge in [0.15, 0.2) is 17.4 Å². The molecule has 0 aliphatic carbocycles. The van der Waals surface area contributed by atoms with Crippen molar-refractivity contribution in [1.82, 2.24) is 14.5 Å². The zero-order valence-electron chi connectivity index (χ0n) is 17.1. The zero-order valence-corrected chi connectivity index (χ0v) is 18.8. The maximum atomic E-state index is 12.7. The first-order valence-corrected chi connectivity index (χ1v) is 11.1. The van der Waals surface area contributed by atoms with E-state index in [0.717, 1.165) is 27.8 Å². The van der Waals surface area contributed by atoms with Gasteiger partial charge in [-0.2, -0.15) is 0 Å². The first-order chi connectivity index (χ1) is 15.0. The Morgan fingerprint density at radius 3 is 2.58 bits per heavy atom. The van der Waals surface area contributed by atoms with Gasteiger partial charge in [0.25, 0.3) is 0 Å². The molecular formula is C22H19N3O4S2. The molecule has 0 unspecified atom stereocenters. The number of nitrogens with zero attached hydrogens (tertiary/aromatic N) is 3. The highest BCUT2D eigenvalue weighted by molar-refractivity contribution is 7.13. The van der Waals surface area contributed by atoms with Crippen molar-refractivity contribution in [3.8, 4) is 21.5 Å². The smallest absolute Gasteiger partial charge is 0.358 e. The molecule has 3 heterocycles. The van der Waals surface area contributed by atoms with Crippen molar-refractivity contribution in [1.29, 1.82) is 0 Å².